The maximum atomic E-state index is 5.65. The number of thiol groups is 1. The molecule has 0 spiro atoms. The number of anilines is 1. The van der Waals surface area contributed by atoms with Crippen molar-refractivity contribution in [2.45, 2.75) is 6.54 Å². The molecule has 3 N–H and O–H groups in total. The summed E-state index contributed by atoms with van der Waals surface area (Å²) in [6.45, 7) is 0.726. The average molecular weight is 252 g/mol. The van der Waals surface area contributed by atoms with Crippen LogP contribution in [0.5, 0.6) is 0 Å². The van der Waals surface area contributed by atoms with Crippen molar-refractivity contribution >= 4 is 28.3 Å². The van der Waals surface area contributed by atoms with E-state index in [1.54, 1.807) is 17.1 Å². The summed E-state index contributed by atoms with van der Waals surface area (Å²) in [7, 11) is 1.30. The van der Waals surface area contributed by atoms with Gasteiger partial charge in [0.05, 0.1) is 23.8 Å². The molecule has 1 heterocycles. The minimum atomic E-state index is 0.659. The van der Waals surface area contributed by atoms with Gasteiger partial charge in [0.2, 0.25) is 0 Å². The van der Waals surface area contributed by atoms with Crippen molar-refractivity contribution in [2.24, 2.45) is 0 Å². The summed E-state index contributed by atoms with van der Waals surface area (Å²) >= 11 is 4.04. The smallest absolute Gasteiger partial charge is 0.0724 e. The summed E-state index contributed by atoms with van der Waals surface area (Å²) in [4.78, 5) is 0. The molecule has 0 saturated carbocycles. The van der Waals surface area contributed by atoms with Gasteiger partial charge in [-0.3, -0.25) is 4.72 Å². The van der Waals surface area contributed by atoms with E-state index in [2.05, 4.69) is 21.5 Å². The fourth-order valence-corrected chi connectivity index (χ4v) is 1.88. The largest absolute Gasteiger partial charge is 0.396 e. The van der Waals surface area contributed by atoms with Crippen LogP contribution < -0.4 is 10.5 Å². The summed E-state index contributed by atoms with van der Waals surface area (Å²) in [6.07, 6.45) is 3.43. The van der Waals surface area contributed by atoms with Crippen LogP contribution in [0.15, 0.2) is 36.7 Å². The molecular weight excluding hydrogens is 240 g/mol. The Morgan fingerprint density at radius 2 is 2.25 bits per heavy atom. The normalized spacial score (nSPS) is 10.6. The number of aromatic nitrogens is 2. The van der Waals surface area contributed by atoms with Crippen molar-refractivity contribution in [1.29, 1.82) is 0 Å². The zero-order chi connectivity index (χ0) is 11.4. The minimum absolute atomic E-state index is 0.659. The van der Waals surface area contributed by atoms with Gasteiger partial charge in [-0.25, -0.2) is 4.68 Å². The van der Waals surface area contributed by atoms with E-state index in [1.807, 2.05) is 24.3 Å². The molecule has 0 amide bonds. The van der Waals surface area contributed by atoms with Gasteiger partial charge in [0.25, 0.3) is 0 Å². The van der Waals surface area contributed by atoms with Crippen molar-refractivity contribution < 1.29 is 0 Å². The fraction of sp³-hybridized carbons (Fsp3) is 0.100. The fourth-order valence-electron chi connectivity index (χ4n) is 1.46. The number of hydrogen-bond donors (Lipinski definition) is 3. The summed E-state index contributed by atoms with van der Waals surface area (Å²) in [5.41, 5.74) is 8.48. The van der Waals surface area contributed by atoms with Crippen molar-refractivity contribution in [3.63, 3.8) is 0 Å². The number of nitrogens with zero attached hydrogens (tertiary/aromatic N) is 2. The molecule has 16 heavy (non-hydrogen) atoms. The highest BCUT2D eigenvalue weighted by Crippen LogP contribution is 2.16. The Kier molecular flexibility index (Phi) is 3.76. The first-order chi connectivity index (χ1) is 7.81. The summed E-state index contributed by atoms with van der Waals surface area (Å²) in [5.74, 6) is 0. The highest BCUT2D eigenvalue weighted by molar-refractivity contribution is 8.67. The molecule has 0 atom stereocenters. The molecule has 4 nitrogen and oxygen atoms in total. The van der Waals surface area contributed by atoms with E-state index in [9.17, 15) is 0 Å². The monoisotopic (exact) mass is 252 g/mol. The zero-order valence-electron chi connectivity index (χ0n) is 8.50. The Morgan fingerprint density at radius 3 is 2.94 bits per heavy atom. The van der Waals surface area contributed by atoms with Crippen LogP contribution in [-0.4, -0.2) is 9.78 Å². The number of rotatable bonds is 4. The SMILES string of the molecule is Nc1cnn(-c2ccccc2CNSS)c1. The van der Waals surface area contributed by atoms with Crippen molar-refractivity contribution in [3.8, 4) is 5.69 Å². The van der Waals surface area contributed by atoms with Crippen molar-refractivity contribution in [2.75, 3.05) is 5.73 Å². The van der Waals surface area contributed by atoms with E-state index in [0.717, 1.165) is 17.8 Å². The first kappa shape index (κ1) is 11.4. The molecule has 84 valence electrons. The molecule has 1 aromatic carbocycles. The molecular formula is C10H12N4S2. The average Bonchev–Trinajstić information content (AvgIpc) is 2.73. The Bertz CT molecular complexity index is 469. The van der Waals surface area contributed by atoms with E-state index < -0.39 is 0 Å². The van der Waals surface area contributed by atoms with Crippen LogP contribution in [0.25, 0.3) is 5.69 Å². The van der Waals surface area contributed by atoms with Crippen LogP contribution in [-0.2, 0) is 6.54 Å². The Morgan fingerprint density at radius 1 is 1.44 bits per heavy atom. The summed E-state index contributed by atoms with van der Waals surface area (Å²) in [5, 5.41) is 4.19. The predicted octanol–water partition coefficient (Wildman–Crippen LogP) is 2.04. The maximum absolute atomic E-state index is 5.65. The second-order valence-corrected chi connectivity index (χ2v) is 4.28. The topological polar surface area (TPSA) is 55.9 Å². The lowest BCUT2D eigenvalue weighted by Crippen LogP contribution is -2.06. The lowest BCUT2D eigenvalue weighted by atomic mass is 10.2. The molecule has 0 aliphatic rings. The van der Waals surface area contributed by atoms with Crippen molar-refractivity contribution in [3.05, 3.63) is 42.2 Å². The molecule has 0 aliphatic carbocycles. The van der Waals surface area contributed by atoms with Gasteiger partial charge in [-0.05, 0) is 22.6 Å². The summed E-state index contributed by atoms with van der Waals surface area (Å²) < 4.78 is 4.86. The van der Waals surface area contributed by atoms with Crippen LogP contribution in [0.2, 0.25) is 0 Å². The van der Waals surface area contributed by atoms with Gasteiger partial charge in [-0.15, -0.1) is 0 Å². The van der Waals surface area contributed by atoms with Crippen LogP contribution in [0.4, 0.5) is 5.69 Å². The summed E-state index contributed by atoms with van der Waals surface area (Å²) in [6, 6.07) is 8.03. The van der Waals surface area contributed by atoms with Gasteiger partial charge in [-0.1, -0.05) is 29.9 Å². The van der Waals surface area contributed by atoms with Gasteiger partial charge >= 0.3 is 0 Å². The molecule has 1 aromatic heterocycles. The number of hydrogen-bond acceptors (Lipinski definition) is 5. The van der Waals surface area contributed by atoms with E-state index >= 15 is 0 Å². The van der Waals surface area contributed by atoms with E-state index in [-0.39, 0.29) is 0 Å². The van der Waals surface area contributed by atoms with Gasteiger partial charge in [0.1, 0.15) is 0 Å². The third kappa shape index (κ3) is 2.52. The van der Waals surface area contributed by atoms with Crippen molar-refractivity contribution in [1.82, 2.24) is 14.5 Å². The molecule has 0 aliphatic heterocycles. The van der Waals surface area contributed by atoms with Crippen LogP contribution in [0, 0.1) is 0 Å². The van der Waals surface area contributed by atoms with Gasteiger partial charge in [-0.2, -0.15) is 5.10 Å². The third-order valence-corrected chi connectivity index (χ3v) is 2.83. The number of benzene rings is 1. The molecule has 0 radical (unpaired) electrons. The number of nitrogens with two attached hydrogens (primary N) is 1. The zero-order valence-corrected chi connectivity index (χ0v) is 10.2. The highest BCUT2D eigenvalue weighted by atomic mass is 33.1. The lowest BCUT2D eigenvalue weighted by Gasteiger charge is -2.08. The maximum Gasteiger partial charge on any atom is 0.0724 e. The first-order valence-corrected chi connectivity index (χ1v) is 6.60. The van der Waals surface area contributed by atoms with Gasteiger partial charge < -0.3 is 5.73 Å². The standard InChI is InChI=1S/C10H12N4S2/c11-9-6-12-14(7-9)10-4-2-1-3-8(10)5-13-16-15/h1-4,6-7,13,15H,5,11H2. The molecule has 0 saturated heterocycles. The predicted molar refractivity (Wildman–Crippen MR) is 71.4 cm³/mol. The van der Waals surface area contributed by atoms with E-state index in [4.69, 9.17) is 5.73 Å². The molecule has 0 unspecified atom stereocenters. The van der Waals surface area contributed by atoms with Gasteiger partial charge in [0, 0.05) is 6.54 Å². The quantitative estimate of drug-likeness (QED) is 0.443. The molecule has 2 aromatic rings. The number of para-hydroxylation sites is 1. The first-order valence-electron chi connectivity index (χ1n) is 4.73. The Labute approximate surface area is 103 Å². The van der Waals surface area contributed by atoms with Crippen LogP contribution >= 0.6 is 22.6 Å². The Balaban J connectivity index is 2.32. The van der Waals surface area contributed by atoms with Gasteiger partial charge in [0.15, 0.2) is 0 Å². The third-order valence-electron chi connectivity index (χ3n) is 2.17. The van der Waals surface area contributed by atoms with Crippen LogP contribution in [0.3, 0.4) is 0 Å². The molecule has 0 bridgehead atoms. The Hall–Kier alpha value is -1.11. The van der Waals surface area contributed by atoms with Crippen LogP contribution in [0.1, 0.15) is 5.56 Å². The number of nitrogens with one attached hydrogen (secondary N) is 1. The lowest BCUT2D eigenvalue weighted by molar-refractivity contribution is 0.849. The second kappa shape index (κ2) is 5.29. The molecule has 6 heteroatoms. The van der Waals surface area contributed by atoms with E-state index in [1.165, 1.54) is 11.0 Å². The second-order valence-electron chi connectivity index (χ2n) is 3.26. The highest BCUT2D eigenvalue weighted by Gasteiger charge is 2.04. The minimum Gasteiger partial charge on any atom is -0.396 e. The number of nitrogen functional groups attached to an aromatic ring is 1. The molecule has 2 rings (SSSR count). The van der Waals surface area contributed by atoms with E-state index in [0.29, 0.717) is 5.69 Å². The molecule has 0 fully saturated rings.